The summed E-state index contributed by atoms with van der Waals surface area (Å²) in [6.07, 6.45) is -0.450. The Morgan fingerprint density at radius 2 is 1.58 bits per heavy atom. The van der Waals surface area contributed by atoms with Gasteiger partial charge in [-0.3, -0.25) is 5.32 Å². The summed E-state index contributed by atoms with van der Waals surface area (Å²) in [5.41, 5.74) is 4.51. The monoisotopic (exact) mass is 325 g/mol. The number of aryl methyl sites for hydroxylation is 1. The van der Waals surface area contributed by atoms with E-state index in [0.29, 0.717) is 0 Å². The van der Waals surface area contributed by atoms with Crippen LogP contribution in [-0.2, 0) is 4.74 Å². The molecule has 0 atom stereocenters. The minimum absolute atomic E-state index is 0.450. The van der Waals surface area contributed by atoms with E-state index in [4.69, 9.17) is 0 Å². The maximum absolute atomic E-state index is 11.2. The van der Waals surface area contributed by atoms with Gasteiger partial charge in [-0.1, -0.05) is 12.1 Å². The molecule has 5 heteroatoms. The number of nitrogens with one attached hydrogen (secondary N) is 1. The van der Waals surface area contributed by atoms with Crippen molar-refractivity contribution in [3.05, 3.63) is 54.1 Å². The van der Waals surface area contributed by atoms with E-state index in [1.807, 2.05) is 24.3 Å². The van der Waals surface area contributed by atoms with Crippen molar-refractivity contribution in [1.82, 2.24) is 0 Å². The van der Waals surface area contributed by atoms with Gasteiger partial charge in [-0.15, -0.1) is 0 Å². The Kier molecular flexibility index (Phi) is 4.89. The van der Waals surface area contributed by atoms with Gasteiger partial charge in [-0.05, 0) is 48.9 Å². The molecule has 0 aliphatic carbocycles. The second-order valence-corrected chi connectivity index (χ2v) is 5.98. The van der Waals surface area contributed by atoms with E-state index >= 15 is 0 Å². The van der Waals surface area contributed by atoms with E-state index < -0.39 is 6.09 Å². The lowest BCUT2D eigenvalue weighted by molar-refractivity contribution is 0.187. The summed E-state index contributed by atoms with van der Waals surface area (Å²) in [5.74, 6) is 0. The number of anilines is 3. The number of ether oxygens (including phenoxy) is 1. The number of hydrogen-bond acceptors (Lipinski definition) is 4. The minimum Gasteiger partial charge on any atom is -0.453 e. The Bertz CT molecular complexity index is 692. The highest BCUT2D eigenvalue weighted by Gasteiger charge is 2.17. The third kappa shape index (κ3) is 3.79. The highest BCUT2D eigenvalue weighted by molar-refractivity contribution is 5.84. The van der Waals surface area contributed by atoms with Crippen molar-refractivity contribution < 1.29 is 9.53 Å². The summed E-state index contributed by atoms with van der Waals surface area (Å²) in [6.45, 7) is 6.11. The van der Waals surface area contributed by atoms with Gasteiger partial charge < -0.3 is 14.5 Å². The molecule has 2 aromatic carbocycles. The van der Waals surface area contributed by atoms with E-state index in [9.17, 15) is 4.79 Å². The first kappa shape index (κ1) is 16.2. The first-order chi connectivity index (χ1) is 11.7. The van der Waals surface area contributed by atoms with Gasteiger partial charge in [0.2, 0.25) is 0 Å². The topological polar surface area (TPSA) is 44.8 Å². The molecule has 1 aliphatic heterocycles. The van der Waals surface area contributed by atoms with Crippen LogP contribution in [0.2, 0.25) is 0 Å². The van der Waals surface area contributed by atoms with Gasteiger partial charge >= 0.3 is 6.09 Å². The van der Waals surface area contributed by atoms with E-state index in [2.05, 4.69) is 51.0 Å². The predicted octanol–water partition coefficient (Wildman–Crippen LogP) is 3.50. The number of methoxy groups -OCH3 is 1. The van der Waals surface area contributed by atoms with Crippen LogP contribution >= 0.6 is 0 Å². The van der Waals surface area contributed by atoms with Crippen LogP contribution in [0.4, 0.5) is 21.9 Å². The lowest BCUT2D eigenvalue weighted by Gasteiger charge is -2.37. The third-order valence-electron chi connectivity index (χ3n) is 4.31. The zero-order valence-corrected chi connectivity index (χ0v) is 14.2. The molecule has 0 aromatic heterocycles. The number of carbonyl (C=O) groups excluding carboxylic acids is 1. The first-order valence-corrected chi connectivity index (χ1v) is 8.17. The SMILES string of the molecule is COC(=O)Nc1ccc(N2CCN(c3cccc(C)c3)CC2)cc1. The van der Waals surface area contributed by atoms with E-state index in [-0.39, 0.29) is 0 Å². The van der Waals surface area contributed by atoms with Crippen LogP contribution in [-0.4, -0.2) is 39.4 Å². The van der Waals surface area contributed by atoms with E-state index in [1.165, 1.54) is 24.0 Å². The van der Waals surface area contributed by atoms with Crippen molar-refractivity contribution in [1.29, 1.82) is 0 Å². The number of nitrogens with zero attached hydrogens (tertiary/aromatic N) is 2. The van der Waals surface area contributed by atoms with Gasteiger partial charge in [0.15, 0.2) is 0 Å². The van der Waals surface area contributed by atoms with Crippen molar-refractivity contribution in [2.75, 3.05) is 48.4 Å². The third-order valence-corrected chi connectivity index (χ3v) is 4.31. The molecule has 24 heavy (non-hydrogen) atoms. The molecule has 0 unspecified atom stereocenters. The number of carbonyl (C=O) groups is 1. The van der Waals surface area contributed by atoms with Crippen molar-refractivity contribution in [3.8, 4) is 0 Å². The summed E-state index contributed by atoms with van der Waals surface area (Å²) < 4.78 is 4.60. The van der Waals surface area contributed by atoms with Gasteiger partial charge in [0.25, 0.3) is 0 Å². The second kappa shape index (κ2) is 7.25. The maximum Gasteiger partial charge on any atom is 0.411 e. The van der Waals surface area contributed by atoms with Crippen LogP contribution in [0.1, 0.15) is 5.56 Å². The maximum atomic E-state index is 11.2. The van der Waals surface area contributed by atoms with Crippen molar-refractivity contribution in [3.63, 3.8) is 0 Å². The molecular formula is C19H23N3O2. The fraction of sp³-hybridized carbons (Fsp3) is 0.316. The molecule has 1 saturated heterocycles. The molecule has 126 valence electrons. The van der Waals surface area contributed by atoms with Gasteiger partial charge in [-0.25, -0.2) is 4.79 Å². The van der Waals surface area contributed by atoms with Crippen LogP contribution in [0.15, 0.2) is 48.5 Å². The molecule has 1 heterocycles. The summed E-state index contributed by atoms with van der Waals surface area (Å²) in [5, 5.41) is 2.67. The molecule has 2 aromatic rings. The van der Waals surface area contributed by atoms with Gasteiger partial charge in [0.1, 0.15) is 0 Å². The Morgan fingerprint density at radius 3 is 2.17 bits per heavy atom. The quantitative estimate of drug-likeness (QED) is 0.938. The fourth-order valence-corrected chi connectivity index (χ4v) is 2.97. The summed E-state index contributed by atoms with van der Waals surface area (Å²) in [4.78, 5) is 16.0. The highest BCUT2D eigenvalue weighted by atomic mass is 16.5. The number of amides is 1. The first-order valence-electron chi connectivity index (χ1n) is 8.17. The molecule has 1 aliphatic rings. The van der Waals surface area contributed by atoms with Crippen molar-refractivity contribution in [2.45, 2.75) is 6.92 Å². The lowest BCUT2D eigenvalue weighted by Crippen LogP contribution is -2.46. The Morgan fingerprint density at radius 1 is 0.958 bits per heavy atom. The molecule has 0 bridgehead atoms. The molecule has 0 saturated carbocycles. The number of hydrogen-bond donors (Lipinski definition) is 1. The van der Waals surface area contributed by atoms with E-state index in [0.717, 1.165) is 31.9 Å². The average Bonchev–Trinajstić information content (AvgIpc) is 2.62. The van der Waals surface area contributed by atoms with Gasteiger partial charge in [-0.2, -0.15) is 0 Å². The fourth-order valence-electron chi connectivity index (χ4n) is 2.97. The standard InChI is InChI=1S/C19H23N3O2/c1-15-4-3-5-18(14-15)22-12-10-21(11-13-22)17-8-6-16(7-9-17)20-19(23)24-2/h3-9,14H,10-13H2,1-2H3,(H,20,23). The summed E-state index contributed by atoms with van der Waals surface area (Å²) >= 11 is 0. The zero-order valence-electron chi connectivity index (χ0n) is 14.2. The minimum atomic E-state index is -0.450. The molecule has 1 amide bonds. The largest absolute Gasteiger partial charge is 0.453 e. The molecule has 1 fully saturated rings. The Labute approximate surface area is 142 Å². The predicted molar refractivity (Wildman–Crippen MR) is 98.1 cm³/mol. The van der Waals surface area contributed by atoms with Crippen LogP contribution in [0.3, 0.4) is 0 Å². The normalized spacial score (nSPS) is 14.4. The van der Waals surface area contributed by atoms with Crippen LogP contribution in [0.5, 0.6) is 0 Å². The molecule has 5 nitrogen and oxygen atoms in total. The van der Waals surface area contributed by atoms with Gasteiger partial charge in [0.05, 0.1) is 7.11 Å². The number of rotatable bonds is 3. The summed E-state index contributed by atoms with van der Waals surface area (Å²) in [6, 6.07) is 16.5. The van der Waals surface area contributed by atoms with Crippen LogP contribution in [0, 0.1) is 6.92 Å². The Balaban J connectivity index is 1.59. The smallest absolute Gasteiger partial charge is 0.411 e. The van der Waals surface area contributed by atoms with Crippen molar-refractivity contribution >= 4 is 23.2 Å². The van der Waals surface area contributed by atoms with Crippen molar-refractivity contribution in [2.24, 2.45) is 0 Å². The van der Waals surface area contributed by atoms with Gasteiger partial charge in [0, 0.05) is 43.2 Å². The number of piperazine rings is 1. The lowest BCUT2D eigenvalue weighted by atomic mass is 10.2. The zero-order chi connectivity index (χ0) is 16.9. The summed E-state index contributed by atoms with van der Waals surface area (Å²) in [7, 11) is 1.36. The number of benzene rings is 2. The van der Waals surface area contributed by atoms with Crippen LogP contribution < -0.4 is 15.1 Å². The average molecular weight is 325 g/mol. The molecule has 3 rings (SSSR count). The molecule has 0 spiro atoms. The molecule has 1 N–H and O–H groups in total. The molecular weight excluding hydrogens is 302 g/mol. The second-order valence-electron chi connectivity index (χ2n) is 5.98. The highest BCUT2D eigenvalue weighted by Crippen LogP contribution is 2.22. The Hall–Kier alpha value is -2.69. The van der Waals surface area contributed by atoms with E-state index in [1.54, 1.807) is 0 Å². The van der Waals surface area contributed by atoms with Crippen LogP contribution in [0.25, 0.3) is 0 Å². The molecule has 0 radical (unpaired) electrons.